The lowest BCUT2D eigenvalue weighted by Crippen LogP contribution is -2.06. The number of thioether (sulfide) groups is 1. The number of aromatic nitrogens is 1. The summed E-state index contributed by atoms with van der Waals surface area (Å²) in [6.07, 6.45) is 1.57. The van der Waals surface area contributed by atoms with E-state index in [1.807, 2.05) is 0 Å². The lowest BCUT2D eigenvalue weighted by atomic mass is 10.1. The monoisotopic (exact) mass is 324 g/mol. The van der Waals surface area contributed by atoms with Crippen molar-refractivity contribution in [1.82, 2.24) is 4.98 Å². The van der Waals surface area contributed by atoms with Gasteiger partial charge in [-0.2, -0.15) is 0 Å². The Balaban J connectivity index is 2.32. The molecule has 2 aromatic rings. The highest BCUT2D eigenvalue weighted by Crippen LogP contribution is 2.31. The largest absolute Gasteiger partial charge is 0.477 e. The second-order valence-electron chi connectivity index (χ2n) is 3.95. The summed E-state index contributed by atoms with van der Waals surface area (Å²) in [4.78, 5) is 25.6. The molecule has 0 unspecified atom stereocenters. The molecule has 6 nitrogen and oxygen atoms in total. The third-order valence-electron chi connectivity index (χ3n) is 2.63. The van der Waals surface area contributed by atoms with Gasteiger partial charge in [0.15, 0.2) is 0 Å². The molecule has 0 amide bonds. The highest BCUT2D eigenvalue weighted by molar-refractivity contribution is 7.98. The molecule has 1 heterocycles. The molecule has 2 rings (SSSR count). The van der Waals surface area contributed by atoms with Gasteiger partial charge in [0.1, 0.15) is 10.6 Å². The van der Waals surface area contributed by atoms with Gasteiger partial charge in [0.2, 0.25) is 0 Å². The van der Waals surface area contributed by atoms with E-state index in [1.54, 1.807) is 24.4 Å². The van der Waals surface area contributed by atoms with E-state index in [1.165, 1.54) is 23.9 Å². The zero-order chi connectivity index (χ0) is 15.4. The van der Waals surface area contributed by atoms with Crippen molar-refractivity contribution >= 4 is 35.0 Å². The number of carboxylic acids is 1. The molecule has 108 valence electrons. The Kier molecular flexibility index (Phi) is 4.77. The highest BCUT2D eigenvalue weighted by atomic mass is 35.5. The maximum atomic E-state index is 11.3. The third-order valence-corrected chi connectivity index (χ3v) is 4.10. The minimum absolute atomic E-state index is 0.222. The van der Waals surface area contributed by atoms with Gasteiger partial charge in [-0.15, -0.1) is 11.8 Å². The fourth-order valence-corrected chi connectivity index (χ4v) is 2.89. The number of benzene rings is 1. The maximum Gasteiger partial charge on any atom is 0.343 e. The molecule has 8 heteroatoms. The zero-order valence-electron chi connectivity index (χ0n) is 10.5. The fraction of sp³-hybridized carbons (Fsp3) is 0.0769. The van der Waals surface area contributed by atoms with E-state index in [9.17, 15) is 20.0 Å². The fourth-order valence-electron chi connectivity index (χ4n) is 1.73. The quantitative estimate of drug-likeness (QED) is 0.512. The summed E-state index contributed by atoms with van der Waals surface area (Å²) < 4.78 is 0. The van der Waals surface area contributed by atoms with Crippen LogP contribution in [0.4, 0.5) is 5.69 Å². The molecular formula is C13H9ClN2O4S. The predicted molar refractivity (Wildman–Crippen MR) is 78.9 cm³/mol. The molecule has 1 N–H and O–H groups in total. The van der Waals surface area contributed by atoms with Crippen molar-refractivity contribution in [3.05, 3.63) is 62.8 Å². The van der Waals surface area contributed by atoms with Gasteiger partial charge >= 0.3 is 5.97 Å². The number of carbonyl (C=O) groups is 1. The Morgan fingerprint density at radius 1 is 1.38 bits per heavy atom. The Bertz CT molecular complexity index is 708. The molecule has 0 aliphatic carbocycles. The summed E-state index contributed by atoms with van der Waals surface area (Å²) in [5.41, 5.74) is -0.377. The standard InChI is InChI=1S/C13H9ClN2O4S/c14-9-4-2-6-15-12(9)21-7-8-3-1-5-10(16(19)20)11(8)13(17)18/h1-6H,7H2,(H,17,18). The van der Waals surface area contributed by atoms with Gasteiger partial charge in [0.25, 0.3) is 5.69 Å². The molecule has 0 atom stereocenters. The van der Waals surface area contributed by atoms with Crippen LogP contribution in [0.3, 0.4) is 0 Å². The minimum Gasteiger partial charge on any atom is -0.477 e. The van der Waals surface area contributed by atoms with Gasteiger partial charge in [-0.1, -0.05) is 23.7 Å². The molecular weight excluding hydrogens is 316 g/mol. The average molecular weight is 325 g/mol. The Morgan fingerprint density at radius 2 is 2.14 bits per heavy atom. The van der Waals surface area contributed by atoms with Crippen LogP contribution in [0.15, 0.2) is 41.6 Å². The number of halogens is 1. The Morgan fingerprint density at radius 3 is 2.76 bits per heavy atom. The Hall–Kier alpha value is -2.12. The number of hydrogen-bond acceptors (Lipinski definition) is 5. The van der Waals surface area contributed by atoms with Crippen molar-refractivity contribution in [2.75, 3.05) is 0 Å². The van der Waals surface area contributed by atoms with Crippen LogP contribution in [0.1, 0.15) is 15.9 Å². The first kappa shape index (κ1) is 15.3. The molecule has 0 spiro atoms. The summed E-state index contributed by atoms with van der Waals surface area (Å²) in [6, 6.07) is 7.52. The molecule has 1 aromatic heterocycles. The van der Waals surface area contributed by atoms with Crippen LogP contribution < -0.4 is 0 Å². The normalized spacial score (nSPS) is 10.3. The summed E-state index contributed by atoms with van der Waals surface area (Å²) >= 11 is 7.19. The van der Waals surface area contributed by atoms with E-state index < -0.39 is 16.6 Å². The molecule has 0 saturated heterocycles. The van der Waals surface area contributed by atoms with Crippen LogP contribution in [-0.2, 0) is 5.75 Å². The van der Waals surface area contributed by atoms with Crippen LogP contribution in [0, 0.1) is 10.1 Å². The van der Waals surface area contributed by atoms with E-state index in [-0.39, 0.29) is 11.3 Å². The van der Waals surface area contributed by atoms with Crippen LogP contribution in [0.2, 0.25) is 5.02 Å². The number of hydrogen-bond donors (Lipinski definition) is 1. The number of pyridine rings is 1. The first-order valence-corrected chi connectivity index (χ1v) is 7.10. The number of nitro groups is 1. The second-order valence-corrected chi connectivity index (χ2v) is 5.32. The molecule has 1 aromatic carbocycles. The first-order valence-electron chi connectivity index (χ1n) is 5.73. The number of aromatic carboxylic acids is 1. The predicted octanol–water partition coefficient (Wildman–Crippen LogP) is 3.63. The average Bonchev–Trinajstić information content (AvgIpc) is 2.45. The van der Waals surface area contributed by atoms with Crippen LogP contribution in [-0.4, -0.2) is 21.0 Å². The van der Waals surface area contributed by atoms with Crippen molar-refractivity contribution in [3.8, 4) is 0 Å². The van der Waals surface area contributed by atoms with Gasteiger partial charge < -0.3 is 5.11 Å². The van der Waals surface area contributed by atoms with E-state index in [0.717, 1.165) is 0 Å². The number of nitrogens with zero attached hydrogens (tertiary/aromatic N) is 2. The van der Waals surface area contributed by atoms with Gasteiger partial charge in [0.05, 0.1) is 9.95 Å². The SMILES string of the molecule is O=C(O)c1c(CSc2ncccc2Cl)cccc1[N+](=O)[O-]. The number of rotatable bonds is 5. The van der Waals surface area contributed by atoms with Crippen molar-refractivity contribution in [2.24, 2.45) is 0 Å². The van der Waals surface area contributed by atoms with Crippen molar-refractivity contribution in [2.45, 2.75) is 10.8 Å². The summed E-state index contributed by atoms with van der Waals surface area (Å²) in [5.74, 6) is -1.11. The van der Waals surface area contributed by atoms with Gasteiger partial charge in [-0.3, -0.25) is 10.1 Å². The lowest BCUT2D eigenvalue weighted by Gasteiger charge is -2.07. The van der Waals surface area contributed by atoms with E-state index in [2.05, 4.69) is 4.98 Å². The summed E-state index contributed by atoms with van der Waals surface area (Å²) in [5, 5.41) is 21.1. The van der Waals surface area contributed by atoms with Crippen molar-refractivity contribution < 1.29 is 14.8 Å². The Labute approximate surface area is 128 Å². The van der Waals surface area contributed by atoms with Gasteiger partial charge in [-0.25, -0.2) is 9.78 Å². The molecule has 0 bridgehead atoms. The molecule has 21 heavy (non-hydrogen) atoms. The maximum absolute atomic E-state index is 11.3. The smallest absolute Gasteiger partial charge is 0.343 e. The molecule has 0 aliphatic rings. The van der Waals surface area contributed by atoms with Crippen LogP contribution >= 0.6 is 23.4 Å². The second kappa shape index (κ2) is 6.55. The van der Waals surface area contributed by atoms with E-state index >= 15 is 0 Å². The van der Waals surface area contributed by atoms with E-state index in [4.69, 9.17) is 11.6 Å². The zero-order valence-corrected chi connectivity index (χ0v) is 12.1. The summed E-state index contributed by atoms with van der Waals surface area (Å²) in [7, 11) is 0. The van der Waals surface area contributed by atoms with Crippen LogP contribution in [0.5, 0.6) is 0 Å². The van der Waals surface area contributed by atoms with Gasteiger partial charge in [-0.05, 0) is 17.7 Å². The van der Waals surface area contributed by atoms with Crippen molar-refractivity contribution in [1.29, 1.82) is 0 Å². The third kappa shape index (κ3) is 3.50. The molecule has 0 aliphatic heterocycles. The highest BCUT2D eigenvalue weighted by Gasteiger charge is 2.23. The summed E-state index contributed by atoms with van der Waals surface area (Å²) in [6.45, 7) is 0. The molecule has 0 saturated carbocycles. The molecule has 0 radical (unpaired) electrons. The molecule has 0 fully saturated rings. The number of carboxylic acid groups (broad SMARTS) is 1. The minimum atomic E-state index is -1.33. The van der Waals surface area contributed by atoms with Crippen LogP contribution in [0.25, 0.3) is 0 Å². The lowest BCUT2D eigenvalue weighted by molar-refractivity contribution is -0.385. The number of nitro benzene ring substituents is 1. The van der Waals surface area contributed by atoms with Crippen molar-refractivity contribution in [3.63, 3.8) is 0 Å². The van der Waals surface area contributed by atoms with Gasteiger partial charge in [0, 0.05) is 18.0 Å². The first-order chi connectivity index (χ1) is 10.0. The topological polar surface area (TPSA) is 93.3 Å². The van der Waals surface area contributed by atoms with E-state index in [0.29, 0.717) is 15.6 Å².